The van der Waals surface area contributed by atoms with E-state index < -0.39 is 11.6 Å². The molecular formula is C11H12ClF2N. The molecule has 0 radical (unpaired) electrons. The molecule has 0 heterocycles. The third-order valence-corrected chi connectivity index (χ3v) is 2.18. The van der Waals surface area contributed by atoms with Gasteiger partial charge in [0.05, 0.1) is 0 Å². The van der Waals surface area contributed by atoms with E-state index in [1.165, 1.54) is 12.1 Å². The molecular weight excluding hydrogens is 220 g/mol. The minimum absolute atomic E-state index is 0.285. The molecule has 0 aliphatic heterocycles. The molecule has 82 valence electrons. The van der Waals surface area contributed by atoms with Gasteiger partial charge in [-0.05, 0) is 13.0 Å². The second-order valence-electron chi connectivity index (χ2n) is 3.26. The van der Waals surface area contributed by atoms with Gasteiger partial charge in [0, 0.05) is 23.2 Å². The van der Waals surface area contributed by atoms with Crippen molar-refractivity contribution in [2.45, 2.75) is 13.0 Å². The fourth-order valence-electron chi connectivity index (χ4n) is 1.23. The van der Waals surface area contributed by atoms with Crippen LogP contribution in [0.25, 0.3) is 0 Å². The molecule has 0 aromatic heterocycles. The molecule has 0 aliphatic rings. The Kier molecular flexibility index (Phi) is 4.24. The average Bonchev–Trinajstić information content (AvgIpc) is 2.18. The summed E-state index contributed by atoms with van der Waals surface area (Å²) in [6.45, 7) is 5.59. The topological polar surface area (TPSA) is 12.0 Å². The first-order chi connectivity index (χ1) is 7.02. The summed E-state index contributed by atoms with van der Waals surface area (Å²) >= 11 is 5.56. The van der Waals surface area contributed by atoms with Gasteiger partial charge in [-0.15, -0.1) is 0 Å². The first-order valence-corrected chi connectivity index (χ1v) is 4.90. The highest BCUT2D eigenvalue weighted by molar-refractivity contribution is 6.29. The standard InChI is InChI=1S/C11H12ClF2N/c1-7(12)6-15-8(2)9-4-3-5-10(13)11(9)14/h3-5,8,15H,1,6H2,2H3. The fourth-order valence-corrected chi connectivity index (χ4v) is 1.31. The van der Waals surface area contributed by atoms with E-state index >= 15 is 0 Å². The maximum absolute atomic E-state index is 13.3. The molecule has 1 atom stereocenters. The van der Waals surface area contributed by atoms with E-state index in [0.29, 0.717) is 11.6 Å². The SMILES string of the molecule is C=C(Cl)CNC(C)c1cccc(F)c1F. The third-order valence-electron chi connectivity index (χ3n) is 2.05. The summed E-state index contributed by atoms with van der Waals surface area (Å²) in [4.78, 5) is 0. The zero-order chi connectivity index (χ0) is 11.4. The molecule has 1 rings (SSSR count). The molecule has 0 saturated carbocycles. The van der Waals surface area contributed by atoms with E-state index in [1.54, 1.807) is 6.92 Å². The molecule has 1 N–H and O–H groups in total. The highest BCUT2D eigenvalue weighted by Crippen LogP contribution is 2.18. The van der Waals surface area contributed by atoms with Crippen molar-refractivity contribution >= 4 is 11.6 Å². The lowest BCUT2D eigenvalue weighted by Crippen LogP contribution is -2.21. The quantitative estimate of drug-likeness (QED) is 0.838. The van der Waals surface area contributed by atoms with Gasteiger partial charge >= 0.3 is 0 Å². The first-order valence-electron chi connectivity index (χ1n) is 4.53. The van der Waals surface area contributed by atoms with Gasteiger partial charge in [0.1, 0.15) is 0 Å². The highest BCUT2D eigenvalue weighted by atomic mass is 35.5. The van der Waals surface area contributed by atoms with E-state index in [2.05, 4.69) is 11.9 Å². The molecule has 0 spiro atoms. The van der Waals surface area contributed by atoms with Crippen LogP contribution in [0.15, 0.2) is 29.8 Å². The van der Waals surface area contributed by atoms with Crippen LogP contribution in [0.2, 0.25) is 0 Å². The van der Waals surface area contributed by atoms with E-state index in [9.17, 15) is 8.78 Å². The zero-order valence-electron chi connectivity index (χ0n) is 8.36. The van der Waals surface area contributed by atoms with Crippen molar-refractivity contribution in [3.63, 3.8) is 0 Å². The monoisotopic (exact) mass is 231 g/mol. The lowest BCUT2D eigenvalue weighted by molar-refractivity contribution is 0.478. The van der Waals surface area contributed by atoms with E-state index in [1.807, 2.05) is 0 Å². The van der Waals surface area contributed by atoms with Gasteiger partial charge in [-0.25, -0.2) is 8.78 Å². The van der Waals surface area contributed by atoms with E-state index in [0.717, 1.165) is 6.07 Å². The van der Waals surface area contributed by atoms with Crippen molar-refractivity contribution < 1.29 is 8.78 Å². The first kappa shape index (κ1) is 12.1. The number of benzene rings is 1. The van der Waals surface area contributed by atoms with Crippen LogP contribution in [-0.4, -0.2) is 6.54 Å². The van der Waals surface area contributed by atoms with Crippen LogP contribution in [0, 0.1) is 11.6 Å². The number of hydrogen-bond acceptors (Lipinski definition) is 1. The molecule has 0 saturated heterocycles. The Morgan fingerprint density at radius 3 is 2.80 bits per heavy atom. The minimum atomic E-state index is -0.842. The minimum Gasteiger partial charge on any atom is -0.305 e. The number of nitrogens with one attached hydrogen (secondary N) is 1. The predicted octanol–water partition coefficient (Wildman–Crippen LogP) is 3.37. The molecule has 0 aliphatic carbocycles. The Bertz CT molecular complexity index is 366. The Labute approximate surface area is 92.8 Å². The summed E-state index contributed by atoms with van der Waals surface area (Å²) < 4.78 is 26.2. The van der Waals surface area contributed by atoms with Crippen molar-refractivity contribution in [2.75, 3.05) is 6.54 Å². The van der Waals surface area contributed by atoms with Crippen molar-refractivity contribution in [1.82, 2.24) is 5.32 Å². The summed E-state index contributed by atoms with van der Waals surface area (Å²) in [5.74, 6) is -1.66. The van der Waals surface area contributed by atoms with Gasteiger partial charge in [0.25, 0.3) is 0 Å². The summed E-state index contributed by atoms with van der Waals surface area (Å²) in [5.41, 5.74) is 0.285. The number of halogens is 3. The summed E-state index contributed by atoms with van der Waals surface area (Å²) in [5, 5.41) is 3.36. The Hall–Kier alpha value is -0.930. The molecule has 0 amide bonds. The van der Waals surface area contributed by atoms with Gasteiger partial charge in [-0.1, -0.05) is 30.3 Å². The van der Waals surface area contributed by atoms with Gasteiger partial charge in [-0.2, -0.15) is 0 Å². The Morgan fingerprint density at radius 2 is 2.20 bits per heavy atom. The maximum Gasteiger partial charge on any atom is 0.163 e. The van der Waals surface area contributed by atoms with Crippen LogP contribution >= 0.6 is 11.6 Å². The number of rotatable bonds is 4. The third kappa shape index (κ3) is 3.29. The van der Waals surface area contributed by atoms with Crippen molar-refractivity contribution in [3.8, 4) is 0 Å². The molecule has 0 bridgehead atoms. The van der Waals surface area contributed by atoms with Gasteiger partial charge < -0.3 is 5.32 Å². The van der Waals surface area contributed by atoms with Crippen LogP contribution in [0.5, 0.6) is 0 Å². The molecule has 15 heavy (non-hydrogen) atoms. The lowest BCUT2D eigenvalue weighted by Gasteiger charge is -2.14. The second kappa shape index (κ2) is 5.24. The molecule has 0 fully saturated rings. The summed E-state index contributed by atoms with van der Waals surface area (Å²) in [6.07, 6.45) is 0. The smallest absolute Gasteiger partial charge is 0.163 e. The molecule has 1 aromatic carbocycles. The lowest BCUT2D eigenvalue weighted by atomic mass is 10.1. The largest absolute Gasteiger partial charge is 0.305 e. The molecule has 1 unspecified atom stereocenters. The Balaban J connectivity index is 2.77. The number of hydrogen-bond donors (Lipinski definition) is 1. The maximum atomic E-state index is 13.3. The van der Waals surface area contributed by atoms with Crippen LogP contribution in [0.4, 0.5) is 8.78 Å². The van der Waals surface area contributed by atoms with Crippen molar-refractivity contribution in [2.24, 2.45) is 0 Å². The van der Waals surface area contributed by atoms with Crippen molar-refractivity contribution in [3.05, 3.63) is 47.0 Å². The Morgan fingerprint density at radius 1 is 1.53 bits per heavy atom. The van der Waals surface area contributed by atoms with Gasteiger partial charge in [0.15, 0.2) is 11.6 Å². The fraction of sp³-hybridized carbons (Fsp3) is 0.273. The summed E-state index contributed by atoms with van der Waals surface area (Å²) in [7, 11) is 0. The molecule has 4 heteroatoms. The van der Waals surface area contributed by atoms with E-state index in [4.69, 9.17) is 11.6 Å². The average molecular weight is 232 g/mol. The van der Waals surface area contributed by atoms with Gasteiger partial charge in [0.2, 0.25) is 0 Å². The molecule has 1 nitrogen and oxygen atoms in total. The van der Waals surface area contributed by atoms with Crippen molar-refractivity contribution in [1.29, 1.82) is 0 Å². The van der Waals surface area contributed by atoms with Crippen LogP contribution in [0.1, 0.15) is 18.5 Å². The van der Waals surface area contributed by atoms with Crippen LogP contribution in [-0.2, 0) is 0 Å². The van der Waals surface area contributed by atoms with E-state index in [-0.39, 0.29) is 11.6 Å². The predicted molar refractivity (Wildman–Crippen MR) is 57.8 cm³/mol. The normalized spacial score (nSPS) is 12.5. The zero-order valence-corrected chi connectivity index (χ0v) is 9.11. The second-order valence-corrected chi connectivity index (χ2v) is 3.80. The van der Waals surface area contributed by atoms with Crippen LogP contribution in [0.3, 0.4) is 0 Å². The van der Waals surface area contributed by atoms with Gasteiger partial charge in [-0.3, -0.25) is 0 Å². The summed E-state index contributed by atoms with van der Waals surface area (Å²) in [6, 6.07) is 3.79. The van der Waals surface area contributed by atoms with Crippen LogP contribution < -0.4 is 5.32 Å². The highest BCUT2D eigenvalue weighted by Gasteiger charge is 2.13. The molecule has 1 aromatic rings.